The molecule has 1 aromatic carbocycles. The molecule has 0 aromatic heterocycles. The summed E-state index contributed by atoms with van der Waals surface area (Å²) in [7, 11) is 0. The Morgan fingerprint density at radius 3 is 2.94 bits per heavy atom. The van der Waals surface area contributed by atoms with Crippen molar-refractivity contribution in [1.29, 1.82) is 0 Å². The fraction of sp³-hybridized carbons (Fsp3) is 0.417. The van der Waals surface area contributed by atoms with Crippen LogP contribution in [0.2, 0.25) is 0 Å². The van der Waals surface area contributed by atoms with Gasteiger partial charge in [-0.25, -0.2) is 4.39 Å². The minimum Gasteiger partial charge on any atom is -0.338 e. The lowest BCUT2D eigenvalue weighted by Gasteiger charge is -2.17. The van der Waals surface area contributed by atoms with Gasteiger partial charge in [0.1, 0.15) is 5.82 Å². The number of rotatable bonds is 2. The van der Waals surface area contributed by atoms with Crippen LogP contribution in [0.25, 0.3) is 0 Å². The quantitative estimate of drug-likeness (QED) is 0.908. The molecule has 0 aliphatic carbocycles. The Labute approximate surface area is 108 Å². The lowest BCUT2D eigenvalue weighted by atomic mass is 10.1. The van der Waals surface area contributed by atoms with Gasteiger partial charge in [0.05, 0.1) is 5.56 Å². The molecular formula is C12H14BrFN2O. The van der Waals surface area contributed by atoms with Crippen LogP contribution in [0.5, 0.6) is 0 Å². The van der Waals surface area contributed by atoms with Crippen LogP contribution in [-0.4, -0.2) is 30.4 Å². The number of carbonyl (C=O) groups excluding carboxylic acids is 1. The minimum absolute atomic E-state index is 0.116. The summed E-state index contributed by atoms with van der Waals surface area (Å²) in [5, 5.41) is 0. The monoisotopic (exact) mass is 300 g/mol. The van der Waals surface area contributed by atoms with E-state index in [9.17, 15) is 9.18 Å². The number of hydrogen-bond acceptors (Lipinski definition) is 2. The predicted molar refractivity (Wildman–Crippen MR) is 67.2 cm³/mol. The lowest BCUT2D eigenvalue weighted by molar-refractivity contribution is 0.0782. The van der Waals surface area contributed by atoms with E-state index in [1.807, 2.05) is 0 Å². The molecule has 5 heteroatoms. The zero-order valence-electron chi connectivity index (χ0n) is 9.33. The Hall–Kier alpha value is -0.940. The van der Waals surface area contributed by atoms with Crippen LogP contribution in [0.1, 0.15) is 16.8 Å². The van der Waals surface area contributed by atoms with Gasteiger partial charge in [0.2, 0.25) is 0 Å². The molecular weight excluding hydrogens is 287 g/mol. The maximum absolute atomic E-state index is 13.6. The zero-order valence-corrected chi connectivity index (χ0v) is 10.9. The third-order valence-corrected chi connectivity index (χ3v) is 3.74. The van der Waals surface area contributed by atoms with E-state index in [1.165, 1.54) is 6.07 Å². The molecule has 0 bridgehead atoms. The summed E-state index contributed by atoms with van der Waals surface area (Å²) in [6, 6.07) is 4.55. The lowest BCUT2D eigenvalue weighted by Crippen LogP contribution is -2.30. The van der Waals surface area contributed by atoms with Gasteiger partial charge < -0.3 is 10.6 Å². The molecule has 2 rings (SSSR count). The van der Waals surface area contributed by atoms with Gasteiger partial charge in [0.25, 0.3) is 5.91 Å². The maximum atomic E-state index is 13.6. The molecule has 1 aliphatic heterocycles. The fourth-order valence-corrected chi connectivity index (χ4v) is 2.58. The summed E-state index contributed by atoms with van der Waals surface area (Å²) in [6.07, 6.45) is 0.897. The average molecular weight is 301 g/mol. The highest BCUT2D eigenvalue weighted by Gasteiger charge is 2.28. The van der Waals surface area contributed by atoms with Crippen molar-refractivity contribution in [2.45, 2.75) is 6.42 Å². The van der Waals surface area contributed by atoms with Crippen LogP contribution in [0.4, 0.5) is 4.39 Å². The fourth-order valence-electron chi connectivity index (χ4n) is 2.07. The van der Waals surface area contributed by atoms with Crippen LogP contribution < -0.4 is 5.73 Å². The Bertz CT molecular complexity index is 418. The molecule has 92 valence electrons. The third kappa shape index (κ3) is 2.50. The standard InChI is InChI=1S/C12H14BrFN2O/c13-9-2-1-3-10(14)11(9)12(17)16-5-4-8(6-15)7-16/h1-3,8H,4-7,15H2. The molecule has 1 unspecified atom stereocenters. The summed E-state index contributed by atoms with van der Waals surface area (Å²) < 4.78 is 14.1. The van der Waals surface area contributed by atoms with Gasteiger partial charge in [-0.2, -0.15) is 0 Å². The molecule has 3 nitrogen and oxygen atoms in total. The molecule has 0 radical (unpaired) electrons. The van der Waals surface area contributed by atoms with Gasteiger partial charge in [0, 0.05) is 17.6 Å². The molecule has 2 N–H and O–H groups in total. The van der Waals surface area contributed by atoms with Crippen molar-refractivity contribution < 1.29 is 9.18 Å². The molecule has 0 spiro atoms. The Morgan fingerprint density at radius 1 is 1.59 bits per heavy atom. The number of halogens is 2. The van der Waals surface area contributed by atoms with Gasteiger partial charge in [-0.05, 0) is 46.9 Å². The first-order chi connectivity index (χ1) is 8.13. The normalized spacial score (nSPS) is 19.7. The summed E-state index contributed by atoms with van der Waals surface area (Å²) in [6.45, 7) is 1.85. The highest BCUT2D eigenvalue weighted by atomic mass is 79.9. The number of carbonyl (C=O) groups is 1. The largest absolute Gasteiger partial charge is 0.338 e. The van der Waals surface area contributed by atoms with Crippen LogP contribution in [-0.2, 0) is 0 Å². The highest BCUT2D eigenvalue weighted by Crippen LogP contribution is 2.24. The Kier molecular flexibility index (Phi) is 3.79. The van der Waals surface area contributed by atoms with Crippen molar-refractivity contribution in [1.82, 2.24) is 4.90 Å². The van der Waals surface area contributed by atoms with Gasteiger partial charge in [0.15, 0.2) is 0 Å². The molecule has 1 fully saturated rings. The van der Waals surface area contributed by atoms with Gasteiger partial charge in [-0.15, -0.1) is 0 Å². The van der Waals surface area contributed by atoms with Crippen LogP contribution in [0.15, 0.2) is 22.7 Å². The second-order valence-corrected chi connectivity index (χ2v) is 5.09. The van der Waals surface area contributed by atoms with Crippen molar-refractivity contribution in [2.75, 3.05) is 19.6 Å². The summed E-state index contributed by atoms with van der Waals surface area (Å²) >= 11 is 3.21. The molecule has 1 saturated heterocycles. The SMILES string of the molecule is NCC1CCN(C(=O)c2c(F)cccc2Br)C1. The van der Waals surface area contributed by atoms with Crippen LogP contribution in [0.3, 0.4) is 0 Å². The maximum Gasteiger partial charge on any atom is 0.257 e. The highest BCUT2D eigenvalue weighted by molar-refractivity contribution is 9.10. The van der Waals surface area contributed by atoms with E-state index in [4.69, 9.17) is 5.73 Å². The first kappa shape index (κ1) is 12.5. The molecule has 1 heterocycles. The van der Waals surface area contributed by atoms with Crippen LogP contribution in [0, 0.1) is 11.7 Å². The Balaban J connectivity index is 2.21. The first-order valence-electron chi connectivity index (χ1n) is 5.57. The number of amides is 1. The van der Waals surface area contributed by atoms with E-state index in [0.29, 0.717) is 30.0 Å². The summed E-state index contributed by atoms with van der Waals surface area (Å²) in [5.41, 5.74) is 5.69. The van der Waals surface area contributed by atoms with E-state index in [2.05, 4.69) is 15.9 Å². The zero-order chi connectivity index (χ0) is 12.4. The summed E-state index contributed by atoms with van der Waals surface area (Å²) in [5.74, 6) is -0.406. The first-order valence-corrected chi connectivity index (χ1v) is 6.36. The molecule has 1 amide bonds. The number of benzene rings is 1. The third-order valence-electron chi connectivity index (χ3n) is 3.08. The smallest absolute Gasteiger partial charge is 0.257 e. The molecule has 1 aromatic rings. The number of likely N-dealkylation sites (tertiary alicyclic amines) is 1. The van der Waals surface area contributed by atoms with Crippen LogP contribution >= 0.6 is 15.9 Å². The number of nitrogens with zero attached hydrogens (tertiary/aromatic N) is 1. The van der Waals surface area contributed by atoms with Crippen molar-refractivity contribution in [3.63, 3.8) is 0 Å². The average Bonchev–Trinajstić information content (AvgIpc) is 2.77. The topological polar surface area (TPSA) is 46.3 Å². The van der Waals surface area contributed by atoms with Crippen molar-refractivity contribution in [2.24, 2.45) is 11.7 Å². The van der Waals surface area contributed by atoms with E-state index in [0.717, 1.165) is 6.42 Å². The van der Waals surface area contributed by atoms with Crippen molar-refractivity contribution in [3.8, 4) is 0 Å². The second kappa shape index (κ2) is 5.14. The minimum atomic E-state index is -0.486. The predicted octanol–water partition coefficient (Wildman–Crippen LogP) is 2.01. The van der Waals surface area contributed by atoms with Crippen molar-refractivity contribution >= 4 is 21.8 Å². The number of nitrogens with two attached hydrogens (primary N) is 1. The summed E-state index contributed by atoms with van der Waals surface area (Å²) in [4.78, 5) is 13.8. The van der Waals surface area contributed by atoms with E-state index in [1.54, 1.807) is 17.0 Å². The molecule has 0 saturated carbocycles. The molecule has 1 aliphatic rings. The van der Waals surface area contributed by atoms with E-state index < -0.39 is 5.82 Å². The second-order valence-electron chi connectivity index (χ2n) is 4.24. The van der Waals surface area contributed by atoms with E-state index in [-0.39, 0.29) is 11.5 Å². The van der Waals surface area contributed by atoms with Gasteiger partial charge >= 0.3 is 0 Å². The van der Waals surface area contributed by atoms with Crippen molar-refractivity contribution in [3.05, 3.63) is 34.1 Å². The Morgan fingerprint density at radius 2 is 2.35 bits per heavy atom. The number of hydrogen-bond donors (Lipinski definition) is 1. The van der Waals surface area contributed by atoms with E-state index >= 15 is 0 Å². The molecule has 17 heavy (non-hydrogen) atoms. The van der Waals surface area contributed by atoms with Gasteiger partial charge in [-0.1, -0.05) is 6.07 Å². The molecule has 1 atom stereocenters. The van der Waals surface area contributed by atoms with Gasteiger partial charge in [-0.3, -0.25) is 4.79 Å².